The van der Waals surface area contributed by atoms with E-state index in [1.807, 2.05) is 5.57 Å². The largest absolute Gasteiger partial charge is 0.366 e. The van der Waals surface area contributed by atoms with Crippen LogP contribution >= 0.6 is 0 Å². The molecular formula is C23H29N. The zero-order chi connectivity index (χ0) is 16.1. The second-order valence-electron chi connectivity index (χ2n) is 8.25. The van der Waals surface area contributed by atoms with Gasteiger partial charge in [-0.25, -0.2) is 0 Å². The first kappa shape index (κ1) is 14.8. The van der Waals surface area contributed by atoms with Gasteiger partial charge in [-0.15, -0.1) is 0 Å². The standard InChI is InChI=1S/C23H29N/c1-2-16-14-17-8-7-11-20-22-12-5-6-13-24(22)15-21(23(17)20)19-10-4-3-9-18(16)19/h4-6,10,12,16,18,20H,2-3,7-9,11,13-15H2,1H3. The van der Waals surface area contributed by atoms with Crippen molar-refractivity contribution in [1.82, 2.24) is 4.90 Å². The van der Waals surface area contributed by atoms with Gasteiger partial charge in [0, 0.05) is 24.7 Å². The van der Waals surface area contributed by atoms with Crippen molar-refractivity contribution >= 4 is 0 Å². The Labute approximate surface area is 146 Å². The van der Waals surface area contributed by atoms with Crippen LogP contribution in [0.3, 0.4) is 0 Å². The maximum Gasteiger partial charge on any atom is 0.0436 e. The van der Waals surface area contributed by atoms with Crippen LogP contribution in [-0.2, 0) is 0 Å². The molecule has 2 aliphatic heterocycles. The molecule has 5 aliphatic rings. The van der Waals surface area contributed by atoms with Gasteiger partial charge in [-0.1, -0.05) is 43.2 Å². The van der Waals surface area contributed by atoms with Gasteiger partial charge in [0.15, 0.2) is 0 Å². The van der Waals surface area contributed by atoms with Crippen molar-refractivity contribution in [3.63, 3.8) is 0 Å². The predicted octanol–water partition coefficient (Wildman–Crippen LogP) is 5.55. The molecule has 0 radical (unpaired) electrons. The molecule has 1 saturated heterocycles. The lowest BCUT2D eigenvalue weighted by Crippen LogP contribution is -2.39. The van der Waals surface area contributed by atoms with Gasteiger partial charge in [-0.2, -0.15) is 0 Å². The summed E-state index contributed by atoms with van der Waals surface area (Å²) in [4.78, 5) is 2.66. The van der Waals surface area contributed by atoms with Gasteiger partial charge < -0.3 is 4.90 Å². The van der Waals surface area contributed by atoms with E-state index in [4.69, 9.17) is 0 Å². The predicted molar refractivity (Wildman–Crippen MR) is 100 cm³/mol. The molecule has 0 bridgehead atoms. The minimum atomic E-state index is 0.682. The normalized spacial score (nSPS) is 34.5. The highest BCUT2D eigenvalue weighted by Gasteiger charge is 2.41. The molecule has 1 fully saturated rings. The maximum atomic E-state index is 2.66. The van der Waals surface area contributed by atoms with Crippen LogP contribution < -0.4 is 0 Å². The fourth-order valence-corrected chi connectivity index (χ4v) is 6.02. The molecule has 0 aromatic rings. The SMILES string of the molecule is CCC1CC2=C3C(=C4C=CCCC41)CN1CC=CC=C1C3CCC2. The highest BCUT2D eigenvalue weighted by molar-refractivity contribution is 5.54. The Hall–Kier alpha value is -1.50. The van der Waals surface area contributed by atoms with E-state index < -0.39 is 0 Å². The fraction of sp³-hybridized carbons (Fsp3) is 0.565. The van der Waals surface area contributed by atoms with Crippen molar-refractivity contribution in [2.75, 3.05) is 13.1 Å². The van der Waals surface area contributed by atoms with Crippen LogP contribution in [0.4, 0.5) is 0 Å². The average Bonchev–Trinajstić information content (AvgIpc) is 2.78. The lowest BCUT2D eigenvalue weighted by atomic mass is 9.72. The topological polar surface area (TPSA) is 3.24 Å². The number of hydrogen-bond donors (Lipinski definition) is 0. The van der Waals surface area contributed by atoms with Crippen LogP contribution in [0.5, 0.6) is 0 Å². The molecule has 0 N–H and O–H groups in total. The second-order valence-corrected chi connectivity index (χ2v) is 8.25. The van der Waals surface area contributed by atoms with E-state index in [1.54, 1.807) is 22.4 Å². The first-order valence-corrected chi connectivity index (χ1v) is 10.1. The number of allylic oxidation sites excluding steroid dienone is 7. The number of rotatable bonds is 1. The van der Waals surface area contributed by atoms with Gasteiger partial charge in [-0.05, 0) is 73.2 Å². The molecule has 0 aromatic carbocycles. The minimum Gasteiger partial charge on any atom is -0.366 e. The number of nitrogens with zero attached hydrogens (tertiary/aromatic N) is 1. The first-order chi connectivity index (χ1) is 11.9. The van der Waals surface area contributed by atoms with Crippen molar-refractivity contribution in [3.8, 4) is 0 Å². The van der Waals surface area contributed by atoms with E-state index in [0.29, 0.717) is 5.92 Å². The molecule has 2 heterocycles. The average molecular weight is 319 g/mol. The molecule has 0 aromatic heterocycles. The molecule has 0 spiro atoms. The highest BCUT2D eigenvalue weighted by atomic mass is 15.2. The summed E-state index contributed by atoms with van der Waals surface area (Å²) < 4.78 is 0. The van der Waals surface area contributed by atoms with E-state index in [-0.39, 0.29) is 0 Å². The van der Waals surface area contributed by atoms with Gasteiger partial charge in [-0.3, -0.25) is 0 Å². The molecule has 0 amide bonds. The molecule has 3 aliphatic carbocycles. The summed E-state index contributed by atoms with van der Waals surface area (Å²) in [5.41, 5.74) is 8.69. The van der Waals surface area contributed by atoms with Crippen molar-refractivity contribution in [2.24, 2.45) is 17.8 Å². The Morgan fingerprint density at radius 3 is 3.08 bits per heavy atom. The van der Waals surface area contributed by atoms with Crippen LogP contribution in [0, 0.1) is 17.8 Å². The molecule has 0 saturated carbocycles. The van der Waals surface area contributed by atoms with E-state index in [2.05, 4.69) is 42.2 Å². The van der Waals surface area contributed by atoms with Crippen LogP contribution in [-0.4, -0.2) is 18.0 Å². The molecule has 1 nitrogen and oxygen atoms in total. The molecule has 3 atom stereocenters. The van der Waals surface area contributed by atoms with E-state index in [0.717, 1.165) is 24.9 Å². The summed E-state index contributed by atoms with van der Waals surface area (Å²) in [7, 11) is 0. The summed E-state index contributed by atoms with van der Waals surface area (Å²) >= 11 is 0. The Kier molecular flexibility index (Phi) is 3.57. The smallest absolute Gasteiger partial charge is 0.0436 e. The molecular weight excluding hydrogens is 290 g/mol. The molecule has 1 heteroatoms. The van der Waals surface area contributed by atoms with Crippen LogP contribution in [0.15, 0.2) is 58.4 Å². The van der Waals surface area contributed by atoms with Gasteiger partial charge in [0.1, 0.15) is 0 Å². The monoisotopic (exact) mass is 319 g/mol. The summed E-state index contributed by atoms with van der Waals surface area (Å²) in [5.74, 6) is 2.36. The highest BCUT2D eigenvalue weighted by Crippen LogP contribution is 2.52. The van der Waals surface area contributed by atoms with Crippen molar-refractivity contribution < 1.29 is 0 Å². The second kappa shape index (κ2) is 5.79. The summed E-state index contributed by atoms with van der Waals surface area (Å²) in [5, 5.41) is 0. The van der Waals surface area contributed by atoms with Crippen LogP contribution in [0.25, 0.3) is 0 Å². The zero-order valence-electron chi connectivity index (χ0n) is 14.9. The first-order valence-electron chi connectivity index (χ1n) is 10.1. The number of fused-ring (bicyclic) bond motifs is 3. The lowest BCUT2D eigenvalue weighted by molar-refractivity contribution is 0.318. The molecule has 5 rings (SSSR count). The maximum absolute atomic E-state index is 2.66. The number of piperidine rings is 1. The number of hydrogen-bond acceptors (Lipinski definition) is 1. The van der Waals surface area contributed by atoms with Crippen molar-refractivity contribution in [1.29, 1.82) is 0 Å². The van der Waals surface area contributed by atoms with Crippen molar-refractivity contribution in [3.05, 3.63) is 58.4 Å². The molecule has 126 valence electrons. The van der Waals surface area contributed by atoms with E-state index in [9.17, 15) is 0 Å². The Morgan fingerprint density at radius 2 is 2.17 bits per heavy atom. The third-order valence-corrected chi connectivity index (χ3v) is 7.12. The van der Waals surface area contributed by atoms with E-state index >= 15 is 0 Å². The van der Waals surface area contributed by atoms with Gasteiger partial charge in [0.25, 0.3) is 0 Å². The molecule has 24 heavy (non-hydrogen) atoms. The Balaban J connectivity index is 1.71. The zero-order valence-corrected chi connectivity index (χ0v) is 14.9. The van der Waals surface area contributed by atoms with E-state index in [1.165, 1.54) is 44.9 Å². The fourth-order valence-electron chi connectivity index (χ4n) is 6.02. The third-order valence-electron chi connectivity index (χ3n) is 7.12. The van der Waals surface area contributed by atoms with Gasteiger partial charge in [0.05, 0.1) is 0 Å². The summed E-state index contributed by atoms with van der Waals surface area (Å²) in [6.07, 6.45) is 21.4. The lowest BCUT2D eigenvalue weighted by Gasteiger charge is -2.44. The Bertz CT molecular complexity index is 700. The van der Waals surface area contributed by atoms with Crippen molar-refractivity contribution in [2.45, 2.75) is 51.9 Å². The van der Waals surface area contributed by atoms with Gasteiger partial charge in [0.2, 0.25) is 0 Å². The van der Waals surface area contributed by atoms with Crippen LogP contribution in [0.2, 0.25) is 0 Å². The third kappa shape index (κ3) is 2.13. The minimum absolute atomic E-state index is 0.682. The summed E-state index contributed by atoms with van der Waals surface area (Å²) in [6, 6.07) is 0. The van der Waals surface area contributed by atoms with Gasteiger partial charge >= 0.3 is 0 Å². The Morgan fingerprint density at radius 1 is 1.21 bits per heavy atom. The quantitative estimate of drug-likeness (QED) is 0.613. The summed E-state index contributed by atoms with van der Waals surface area (Å²) in [6.45, 7) is 4.67. The molecule has 3 unspecified atom stereocenters. The van der Waals surface area contributed by atoms with Crippen LogP contribution in [0.1, 0.15) is 51.9 Å².